The van der Waals surface area contributed by atoms with Crippen LogP contribution in [0.4, 0.5) is 17.1 Å². The van der Waals surface area contributed by atoms with Gasteiger partial charge in [0, 0.05) is 33.3 Å². The van der Waals surface area contributed by atoms with Crippen molar-refractivity contribution in [1.29, 1.82) is 0 Å². The lowest BCUT2D eigenvalue weighted by molar-refractivity contribution is 0.265. The number of fused-ring (bicyclic) bond motifs is 13. The molecule has 13 rings (SSSR count). The van der Waals surface area contributed by atoms with Gasteiger partial charge >= 0.3 is 0 Å². The van der Waals surface area contributed by atoms with E-state index in [9.17, 15) is 0 Å². The van der Waals surface area contributed by atoms with Crippen molar-refractivity contribution in [2.45, 2.75) is 55.8 Å². The van der Waals surface area contributed by atoms with Gasteiger partial charge in [0.15, 0.2) is 0 Å². The lowest BCUT2D eigenvalue weighted by Crippen LogP contribution is -2.39. The molecular weight excluding hydrogens is 771 g/mol. The lowest BCUT2D eigenvalue weighted by Gasteiger charge is -2.46. The Labute approximate surface area is 377 Å². The van der Waals surface area contributed by atoms with E-state index in [-0.39, 0.29) is 16.2 Å². The highest BCUT2D eigenvalue weighted by atomic mass is 15.1. The van der Waals surface area contributed by atoms with Crippen LogP contribution < -0.4 is 4.90 Å². The van der Waals surface area contributed by atoms with E-state index in [0.717, 1.165) is 31.4 Å². The van der Waals surface area contributed by atoms with Crippen LogP contribution in [0.3, 0.4) is 0 Å². The molecule has 0 N–H and O–H groups in total. The summed E-state index contributed by atoms with van der Waals surface area (Å²) in [5, 5.41) is 0. The number of benzene rings is 9. The van der Waals surface area contributed by atoms with E-state index < -0.39 is 0 Å². The molecule has 0 saturated heterocycles. The molecule has 0 heterocycles. The third kappa shape index (κ3) is 5.31. The molecule has 1 saturated carbocycles. The molecule has 4 aliphatic rings. The summed E-state index contributed by atoms with van der Waals surface area (Å²) in [5.41, 5.74) is 25.5. The molecule has 1 heteroatoms. The third-order valence-electron chi connectivity index (χ3n) is 15.9. The first-order chi connectivity index (χ1) is 31.4. The van der Waals surface area contributed by atoms with E-state index in [2.05, 4.69) is 231 Å². The maximum Gasteiger partial charge on any atom is 0.0465 e. The van der Waals surface area contributed by atoms with Crippen LogP contribution in [-0.2, 0) is 16.2 Å². The quantitative estimate of drug-likeness (QED) is 0.167. The van der Waals surface area contributed by atoms with Gasteiger partial charge in [0.2, 0.25) is 0 Å². The Morgan fingerprint density at radius 3 is 1.20 bits per heavy atom. The van der Waals surface area contributed by atoms with Gasteiger partial charge in [-0.15, -0.1) is 0 Å². The van der Waals surface area contributed by atoms with Crippen molar-refractivity contribution >= 4 is 17.1 Å². The van der Waals surface area contributed by atoms with Crippen LogP contribution in [0, 0.1) is 0 Å². The molecule has 4 aliphatic carbocycles. The summed E-state index contributed by atoms with van der Waals surface area (Å²) >= 11 is 0. The second-order valence-electron chi connectivity index (χ2n) is 19.3. The number of hydrogen-bond donors (Lipinski definition) is 0. The van der Waals surface area contributed by atoms with Gasteiger partial charge in [-0.2, -0.15) is 0 Å². The van der Waals surface area contributed by atoms with Crippen molar-refractivity contribution in [2.75, 3.05) is 4.90 Å². The first kappa shape index (κ1) is 37.3. The highest BCUT2D eigenvalue weighted by Crippen LogP contribution is 2.64. The van der Waals surface area contributed by atoms with Crippen LogP contribution in [0.1, 0.15) is 72.9 Å². The van der Waals surface area contributed by atoms with Gasteiger partial charge in [-0.3, -0.25) is 0 Å². The van der Waals surface area contributed by atoms with E-state index >= 15 is 0 Å². The number of anilines is 3. The highest BCUT2D eigenvalue weighted by Gasteiger charge is 2.53. The smallest absolute Gasteiger partial charge is 0.0465 e. The lowest BCUT2D eigenvalue weighted by atomic mass is 9.57. The molecule has 0 unspecified atom stereocenters. The molecule has 0 amide bonds. The highest BCUT2D eigenvalue weighted by molar-refractivity contribution is 5.90. The molecule has 0 aliphatic heterocycles. The van der Waals surface area contributed by atoms with Crippen molar-refractivity contribution in [3.8, 4) is 55.6 Å². The molecule has 9 aromatic carbocycles. The zero-order chi connectivity index (χ0) is 42.6. The van der Waals surface area contributed by atoms with Crippen LogP contribution in [-0.4, -0.2) is 0 Å². The molecule has 64 heavy (non-hydrogen) atoms. The van der Waals surface area contributed by atoms with Crippen molar-refractivity contribution < 1.29 is 0 Å². The number of rotatable bonds is 5. The maximum absolute atomic E-state index is 2.58. The second-order valence-corrected chi connectivity index (χ2v) is 19.3. The molecule has 0 radical (unpaired) electrons. The molecule has 0 aromatic heterocycles. The summed E-state index contributed by atoms with van der Waals surface area (Å²) in [4.78, 5) is 2.52. The van der Waals surface area contributed by atoms with Gasteiger partial charge in [-0.1, -0.05) is 184 Å². The van der Waals surface area contributed by atoms with Gasteiger partial charge < -0.3 is 4.90 Å². The average molecular weight is 820 g/mol. The third-order valence-corrected chi connectivity index (χ3v) is 15.9. The predicted molar refractivity (Wildman–Crippen MR) is 267 cm³/mol. The van der Waals surface area contributed by atoms with Crippen molar-refractivity contribution in [2.24, 2.45) is 0 Å². The largest absolute Gasteiger partial charge is 0.310 e. The Balaban J connectivity index is 0.946. The average Bonchev–Trinajstić information content (AvgIpc) is 3.88. The predicted octanol–water partition coefficient (Wildman–Crippen LogP) is 16.6. The molecule has 9 aromatic rings. The Morgan fingerprint density at radius 1 is 0.281 bits per heavy atom. The standard InChI is InChI=1S/C63H49N/c1-61(2)55-22-12-9-19-49(55)52-33-30-47(40-58(52)61)64(46-28-25-44(26-29-46)42-15-5-3-6-16-42)48-31-34-54-51-21-11-14-24-57(51)63(60(54)41-48)37-35-62(36-38-63)56-23-13-10-20-50(56)53-32-27-45(39-59(53)62)43-17-7-4-8-18-43/h3-34,39-41H,35-38H2,1-2H3. The first-order valence-corrected chi connectivity index (χ1v) is 23.2. The topological polar surface area (TPSA) is 3.24 Å². The zero-order valence-corrected chi connectivity index (χ0v) is 36.5. The fourth-order valence-electron chi connectivity index (χ4n) is 12.7. The zero-order valence-electron chi connectivity index (χ0n) is 36.5. The van der Waals surface area contributed by atoms with E-state index in [1.807, 2.05) is 0 Å². The second kappa shape index (κ2) is 13.9. The van der Waals surface area contributed by atoms with Crippen LogP contribution >= 0.6 is 0 Å². The van der Waals surface area contributed by atoms with E-state index in [1.54, 1.807) is 0 Å². The molecule has 2 spiro atoms. The summed E-state index contributed by atoms with van der Waals surface area (Å²) in [5.74, 6) is 0. The Kier molecular flexibility index (Phi) is 8.10. The fraction of sp³-hybridized carbons (Fsp3) is 0.143. The summed E-state index contributed by atoms with van der Waals surface area (Å²) in [6.07, 6.45) is 4.36. The SMILES string of the molecule is CC1(C)c2ccccc2-c2ccc(N(c3ccc(-c4ccccc4)cc3)c3ccc4c(c3)C3(CCC5(CC3)c3ccccc3-c3ccc(-c6ccccc6)cc35)c3ccccc3-4)cc21. The first-order valence-electron chi connectivity index (χ1n) is 23.2. The van der Waals surface area contributed by atoms with Crippen LogP contribution in [0.5, 0.6) is 0 Å². The summed E-state index contributed by atoms with van der Waals surface area (Å²) in [6, 6.07) is 80.3. The maximum atomic E-state index is 2.58. The number of hydrogen-bond acceptors (Lipinski definition) is 1. The van der Waals surface area contributed by atoms with Gasteiger partial charge in [0.05, 0.1) is 0 Å². The summed E-state index contributed by atoms with van der Waals surface area (Å²) < 4.78 is 0. The molecule has 0 atom stereocenters. The molecule has 306 valence electrons. The van der Waals surface area contributed by atoms with E-state index in [1.165, 1.54) is 100 Å². The Bertz CT molecular complexity index is 3290. The van der Waals surface area contributed by atoms with Crippen LogP contribution in [0.15, 0.2) is 212 Å². The fourth-order valence-corrected chi connectivity index (χ4v) is 12.7. The summed E-state index contributed by atoms with van der Waals surface area (Å²) in [6.45, 7) is 4.77. The molecular formula is C63H49N. The Morgan fingerprint density at radius 2 is 0.641 bits per heavy atom. The monoisotopic (exact) mass is 819 g/mol. The molecule has 1 fully saturated rings. The normalized spacial score (nSPS) is 19.1. The van der Waals surface area contributed by atoms with Crippen molar-refractivity contribution in [3.63, 3.8) is 0 Å². The van der Waals surface area contributed by atoms with Gasteiger partial charge in [0.25, 0.3) is 0 Å². The molecule has 0 bridgehead atoms. The minimum Gasteiger partial charge on any atom is -0.310 e. The van der Waals surface area contributed by atoms with Gasteiger partial charge in [-0.25, -0.2) is 0 Å². The van der Waals surface area contributed by atoms with Crippen LogP contribution in [0.2, 0.25) is 0 Å². The van der Waals surface area contributed by atoms with Gasteiger partial charge in [-0.05, 0) is 157 Å². The summed E-state index contributed by atoms with van der Waals surface area (Å²) in [7, 11) is 0. The van der Waals surface area contributed by atoms with Crippen molar-refractivity contribution in [1.82, 2.24) is 0 Å². The van der Waals surface area contributed by atoms with E-state index in [0.29, 0.717) is 0 Å². The molecule has 1 nitrogen and oxygen atoms in total. The van der Waals surface area contributed by atoms with Gasteiger partial charge in [0.1, 0.15) is 0 Å². The van der Waals surface area contributed by atoms with E-state index in [4.69, 9.17) is 0 Å². The van der Waals surface area contributed by atoms with Crippen molar-refractivity contribution in [3.05, 3.63) is 246 Å². The minimum atomic E-state index is -0.105. The van der Waals surface area contributed by atoms with Crippen LogP contribution in [0.25, 0.3) is 55.6 Å². The minimum absolute atomic E-state index is 0.0292. The number of nitrogens with zero attached hydrogens (tertiary/aromatic N) is 1. The Hall–Kier alpha value is -7.22.